The van der Waals surface area contributed by atoms with E-state index in [9.17, 15) is 9.59 Å². The third kappa shape index (κ3) is 7.53. The van der Waals surface area contributed by atoms with E-state index in [-0.39, 0.29) is 18.3 Å². The fourth-order valence-corrected chi connectivity index (χ4v) is 5.84. The molecule has 1 aliphatic rings. The van der Waals surface area contributed by atoms with Gasteiger partial charge in [-0.3, -0.25) is 14.5 Å². The molecule has 2 N–H and O–H groups in total. The molecule has 0 radical (unpaired) electrons. The van der Waals surface area contributed by atoms with Gasteiger partial charge in [-0.05, 0) is 30.7 Å². The topological polar surface area (TPSA) is 119 Å². The van der Waals surface area contributed by atoms with Gasteiger partial charge >= 0.3 is 5.97 Å². The Morgan fingerprint density at radius 1 is 1.00 bits per heavy atom. The monoisotopic (exact) mass is 601 g/mol. The summed E-state index contributed by atoms with van der Waals surface area (Å²) in [6, 6.07) is 15.8. The lowest BCUT2D eigenvalue weighted by molar-refractivity contribution is -0.139. The van der Waals surface area contributed by atoms with Gasteiger partial charge in [0.05, 0.1) is 37.7 Å². The van der Waals surface area contributed by atoms with Crippen LogP contribution >= 0.6 is 0 Å². The van der Waals surface area contributed by atoms with Crippen LogP contribution in [0.1, 0.15) is 23.4 Å². The van der Waals surface area contributed by atoms with Crippen molar-refractivity contribution >= 4 is 39.6 Å². The number of aromatic nitrogens is 3. The highest BCUT2D eigenvalue weighted by Crippen LogP contribution is 2.29. The largest absolute Gasteiger partial charge is 0.469 e. The highest BCUT2D eigenvalue weighted by molar-refractivity contribution is 6.06. The van der Waals surface area contributed by atoms with Crippen molar-refractivity contribution in [1.82, 2.24) is 29.2 Å². The van der Waals surface area contributed by atoms with E-state index < -0.39 is 0 Å². The molecule has 44 heavy (non-hydrogen) atoms. The first-order chi connectivity index (χ1) is 21.4. The molecule has 0 aliphatic carbocycles. The van der Waals surface area contributed by atoms with Crippen LogP contribution in [0.5, 0.6) is 0 Å². The second-order valence-corrected chi connectivity index (χ2v) is 11.5. The van der Waals surface area contributed by atoms with Crippen molar-refractivity contribution in [2.24, 2.45) is 0 Å². The fourth-order valence-electron chi connectivity index (χ4n) is 5.84. The van der Waals surface area contributed by atoms with Gasteiger partial charge in [0.1, 0.15) is 11.3 Å². The highest BCUT2D eigenvalue weighted by Gasteiger charge is 2.22. The number of benzene rings is 2. The van der Waals surface area contributed by atoms with Gasteiger partial charge in [-0.2, -0.15) is 0 Å². The summed E-state index contributed by atoms with van der Waals surface area (Å²) in [6.45, 7) is 6.25. The van der Waals surface area contributed by atoms with Gasteiger partial charge in [0.2, 0.25) is 5.91 Å². The predicted octanol–water partition coefficient (Wildman–Crippen LogP) is 2.74. The second kappa shape index (κ2) is 14.6. The van der Waals surface area contributed by atoms with Crippen LogP contribution in [-0.4, -0.2) is 108 Å². The molecule has 1 fully saturated rings. The second-order valence-electron chi connectivity index (χ2n) is 11.5. The van der Waals surface area contributed by atoms with Crippen LogP contribution in [0.2, 0.25) is 0 Å². The normalized spacial score (nSPS) is 14.3. The minimum atomic E-state index is -0.287. The van der Waals surface area contributed by atoms with Crippen molar-refractivity contribution in [3.8, 4) is 0 Å². The number of methoxy groups -OCH3 is 2. The molecule has 11 heteroatoms. The number of imidazole rings is 1. The molecule has 11 nitrogen and oxygen atoms in total. The van der Waals surface area contributed by atoms with Crippen LogP contribution in [0.3, 0.4) is 0 Å². The average molecular weight is 602 g/mol. The first kappa shape index (κ1) is 31.4. The Hall–Kier alpha value is -4.06. The highest BCUT2D eigenvalue weighted by atomic mass is 16.5. The number of pyridine rings is 1. The van der Waals surface area contributed by atoms with E-state index in [1.807, 2.05) is 47.4 Å². The fraction of sp³-hybridized carbons (Fsp3) is 0.455. The predicted molar refractivity (Wildman–Crippen MR) is 171 cm³/mol. The summed E-state index contributed by atoms with van der Waals surface area (Å²) in [5, 5.41) is 0.998. The van der Waals surface area contributed by atoms with Crippen LogP contribution in [0.4, 0.5) is 5.82 Å². The van der Waals surface area contributed by atoms with Crippen LogP contribution < -0.4 is 5.73 Å². The average Bonchev–Trinajstić information content (AvgIpc) is 3.40. The number of anilines is 1. The van der Waals surface area contributed by atoms with Gasteiger partial charge in [-0.1, -0.05) is 42.5 Å². The van der Waals surface area contributed by atoms with E-state index in [4.69, 9.17) is 20.2 Å². The molecule has 0 atom stereocenters. The van der Waals surface area contributed by atoms with E-state index >= 15 is 0 Å². The third-order valence-corrected chi connectivity index (χ3v) is 8.28. The molecule has 1 saturated heterocycles. The van der Waals surface area contributed by atoms with Gasteiger partial charge in [0, 0.05) is 64.7 Å². The number of aryl methyl sites for hydroxylation is 1. The standard InChI is InChI=1S/C33H43N7O4/c1-37-15-17-38(18-16-37)23-29(41)39(22-25-9-6-8-24(20-25)21-30(42)44-3)13-7-14-40-28(12-19-43-2)36-31-32(40)26-10-4-5-11-27(26)35-33(31)34/h4-6,8-11,20H,7,12-19,21-23H2,1-3H3,(H2,34,35). The molecular formula is C33H43N7O4. The van der Waals surface area contributed by atoms with Gasteiger partial charge < -0.3 is 29.6 Å². The number of likely N-dealkylation sites (N-methyl/N-ethyl adjacent to an activating group) is 1. The van der Waals surface area contributed by atoms with E-state index in [2.05, 4.69) is 32.5 Å². The van der Waals surface area contributed by atoms with Crippen molar-refractivity contribution in [2.45, 2.75) is 32.4 Å². The minimum Gasteiger partial charge on any atom is -0.469 e. The Morgan fingerprint density at radius 2 is 1.77 bits per heavy atom. The third-order valence-electron chi connectivity index (χ3n) is 8.28. The van der Waals surface area contributed by atoms with Gasteiger partial charge in [0.15, 0.2) is 5.82 Å². The maximum absolute atomic E-state index is 13.8. The number of hydrogen-bond acceptors (Lipinski definition) is 9. The Labute approximate surface area is 258 Å². The number of hydrogen-bond donors (Lipinski definition) is 1. The number of nitrogens with two attached hydrogens (primary N) is 1. The molecule has 0 unspecified atom stereocenters. The number of amides is 1. The minimum absolute atomic E-state index is 0.0990. The van der Waals surface area contributed by atoms with E-state index in [1.54, 1.807) is 7.11 Å². The Balaban J connectivity index is 1.39. The number of carbonyl (C=O) groups excluding carboxylic acids is 2. The van der Waals surface area contributed by atoms with E-state index in [0.29, 0.717) is 50.5 Å². The van der Waals surface area contributed by atoms with Crippen LogP contribution in [-0.2, 0) is 45.0 Å². The maximum atomic E-state index is 13.8. The number of nitrogens with zero attached hydrogens (tertiary/aromatic N) is 6. The molecular weight excluding hydrogens is 558 g/mol. The van der Waals surface area contributed by atoms with Gasteiger partial charge in [-0.25, -0.2) is 9.97 Å². The zero-order chi connectivity index (χ0) is 31.1. The van der Waals surface area contributed by atoms with Crippen molar-refractivity contribution in [3.63, 3.8) is 0 Å². The number of ether oxygens (including phenoxy) is 2. The van der Waals surface area contributed by atoms with Crippen molar-refractivity contribution in [3.05, 3.63) is 65.5 Å². The van der Waals surface area contributed by atoms with E-state index in [1.165, 1.54) is 7.11 Å². The van der Waals surface area contributed by atoms with Crippen molar-refractivity contribution in [1.29, 1.82) is 0 Å². The number of carbonyl (C=O) groups is 2. The SMILES string of the molecule is COCCc1nc2c(N)nc3ccccc3c2n1CCCN(Cc1cccc(CC(=O)OC)c1)C(=O)CN1CCN(C)CC1. The maximum Gasteiger partial charge on any atom is 0.309 e. The molecule has 0 spiro atoms. The molecule has 1 amide bonds. The molecule has 5 rings (SSSR count). The number of nitrogen functional groups attached to an aromatic ring is 1. The molecule has 0 bridgehead atoms. The molecule has 234 valence electrons. The summed E-state index contributed by atoms with van der Waals surface area (Å²) < 4.78 is 12.5. The molecule has 2 aromatic heterocycles. The number of esters is 1. The summed E-state index contributed by atoms with van der Waals surface area (Å²) >= 11 is 0. The van der Waals surface area contributed by atoms with Crippen LogP contribution in [0.25, 0.3) is 21.9 Å². The number of para-hydroxylation sites is 1. The summed E-state index contributed by atoms with van der Waals surface area (Å²) in [4.78, 5) is 41.6. The molecule has 4 aromatic rings. The summed E-state index contributed by atoms with van der Waals surface area (Å²) in [6.07, 6.45) is 1.56. The number of fused-ring (bicyclic) bond motifs is 3. The van der Waals surface area contributed by atoms with Crippen molar-refractivity contribution < 1.29 is 19.1 Å². The lowest BCUT2D eigenvalue weighted by atomic mass is 10.1. The van der Waals surface area contributed by atoms with E-state index in [0.717, 1.165) is 66.0 Å². The number of piperazine rings is 1. The van der Waals surface area contributed by atoms with Gasteiger partial charge in [-0.15, -0.1) is 0 Å². The first-order valence-corrected chi connectivity index (χ1v) is 15.2. The lowest BCUT2D eigenvalue weighted by Crippen LogP contribution is -2.49. The zero-order valence-corrected chi connectivity index (χ0v) is 26.0. The van der Waals surface area contributed by atoms with Gasteiger partial charge in [0.25, 0.3) is 0 Å². The quantitative estimate of drug-likeness (QED) is 0.231. The number of rotatable bonds is 13. The molecule has 2 aromatic carbocycles. The Bertz CT molecular complexity index is 1600. The molecule has 3 heterocycles. The first-order valence-electron chi connectivity index (χ1n) is 15.2. The summed E-state index contributed by atoms with van der Waals surface area (Å²) in [5.41, 5.74) is 10.7. The molecule has 1 aliphatic heterocycles. The summed E-state index contributed by atoms with van der Waals surface area (Å²) in [5.74, 6) is 1.11. The van der Waals surface area contributed by atoms with Crippen LogP contribution in [0, 0.1) is 0 Å². The molecule has 0 saturated carbocycles. The summed E-state index contributed by atoms with van der Waals surface area (Å²) in [7, 11) is 5.19. The van der Waals surface area contributed by atoms with Crippen molar-refractivity contribution in [2.75, 3.05) is 72.9 Å². The lowest BCUT2D eigenvalue weighted by Gasteiger charge is -2.33. The van der Waals surface area contributed by atoms with Crippen LogP contribution in [0.15, 0.2) is 48.5 Å². The Kier molecular flexibility index (Phi) is 10.4. The Morgan fingerprint density at radius 3 is 2.55 bits per heavy atom. The zero-order valence-electron chi connectivity index (χ0n) is 26.0. The smallest absolute Gasteiger partial charge is 0.309 e.